The first-order chi connectivity index (χ1) is 8.11. The van der Waals surface area contributed by atoms with Crippen LogP contribution in [0.15, 0.2) is 11.4 Å². The van der Waals surface area contributed by atoms with Crippen LogP contribution in [0.1, 0.15) is 36.8 Å². The molecule has 17 heavy (non-hydrogen) atoms. The van der Waals surface area contributed by atoms with Crippen molar-refractivity contribution < 1.29 is 0 Å². The maximum Gasteiger partial charge on any atom is 0.0635 e. The Hall–Kier alpha value is -0.890. The Bertz CT molecular complexity index is 378. The summed E-state index contributed by atoms with van der Waals surface area (Å²) in [4.78, 5) is 3.63. The van der Waals surface area contributed by atoms with Crippen molar-refractivity contribution in [1.82, 2.24) is 4.90 Å². The maximum absolute atomic E-state index is 8.71. The van der Waals surface area contributed by atoms with Gasteiger partial charge in [0.25, 0.3) is 0 Å². The first kappa shape index (κ1) is 14.2. The maximum atomic E-state index is 8.71. The number of likely N-dealkylation sites (N-methyl/N-ethyl adjacent to an activating group) is 1. The van der Waals surface area contributed by atoms with Gasteiger partial charge in [-0.2, -0.15) is 5.26 Å². The molecule has 2 atom stereocenters. The molecule has 3 nitrogen and oxygen atoms in total. The van der Waals surface area contributed by atoms with Crippen molar-refractivity contribution in [2.45, 2.75) is 39.3 Å². The van der Waals surface area contributed by atoms with E-state index in [0.29, 0.717) is 6.42 Å². The molecular formula is C13H21N3S. The monoisotopic (exact) mass is 251 g/mol. The molecule has 0 radical (unpaired) electrons. The van der Waals surface area contributed by atoms with Crippen molar-refractivity contribution in [2.75, 3.05) is 13.1 Å². The van der Waals surface area contributed by atoms with E-state index in [4.69, 9.17) is 11.0 Å². The van der Waals surface area contributed by atoms with Gasteiger partial charge in [-0.1, -0.05) is 6.92 Å². The Morgan fingerprint density at radius 1 is 1.59 bits per heavy atom. The van der Waals surface area contributed by atoms with Gasteiger partial charge in [-0.25, -0.2) is 0 Å². The zero-order valence-corrected chi connectivity index (χ0v) is 11.6. The minimum Gasteiger partial charge on any atom is -0.326 e. The van der Waals surface area contributed by atoms with E-state index in [1.165, 1.54) is 10.4 Å². The minimum absolute atomic E-state index is 0.0750. The average molecular weight is 251 g/mol. The molecule has 0 bridgehead atoms. The van der Waals surface area contributed by atoms with Crippen LogP contribution >= 0.6 is 11.3 Å². The Morgan fingerprint density at radius 3 is 2.71 bits per heavy atom. The van der Waals surface area contributed by atoms with Gasteiger partial charge >= 0.3 is 0 Å². The molecule has 2 unspecified atom stereocenters. The lowest BCUT2D eigenvalue weighted by Gasteiger charge is -2.32. The molecule has 4 heteroatoms. The second-order valence-corrected chi connectivity index (χ2v) is 5.26. The Balaban J connectivity index is 2.92. The summed E-state index contributed by atoms with van der Waals surface area (Å²) in [7, 11) is 0. The van der Waals surface area contributed by atoms with Gasteiger partial charge in [0, 0.05) is 23.9 Å². The molecule has 0 aliphatic heterocycles. The first-order valence-electron chi connectivity index (χ1n) is 6.02. The van der Waals surface area contributed by atoms with Crippen molar-refractivity contribution in [1.29, 1.82) is 5.26 Å². The first-order valence-corrected chi connectivity index (χ1v) is 6.90. The number of thiophene rings is 1. The number of hydrogen-bond donors (Lipinski definition) is 1. The zero-order valence-electron chi connectivity index (χ0n) is 10.8. The third kappa shape index (κ3) is 3.53. The standard InChI is InChI=1S/C13H21N3S/c1-4-16(8-5-7-14)12(11(3)15)13-10(2)6-9-17-13/h6,9,11-12H,4-5,8,15H2,1-3H3. The molecule has 1 rings (SSSR count). The van der Waals surface area contributed by atoms with Crippen LogP contribution in [0.3, 0.4) is 0 Å². The van der Waals surface area contributed by atoms with Crippen LogP contribution in [-0.2, 0) is 0 Å². The predicted molar refractivity (Wildman–Crippen MR) is 72.9 cm³/mol. The van der Waals surface area contributed by atoms with Crippen LogP contribution in [0.25, 0.3) is 0 Å². The van der Waals surface area contributed by atoms with Gasteiger partial charge in [-0.15, -0.1) is 11.3 Å². The molecule has 2 N–H and O–H groups in total. The van der Waals surface area contributed by atoms with Crippen LogP contribution in [0.4, 0.5) is 0 Å². The van der Waals surface area contributed by atoms with Crippen molar-refractivity contribution in [3.05, 3.63) is 21.9 Å². The van der Waals surface area contributed by atoms with Gasteiger partial charge in [-0.05, 0) is 37.4 Å². The van der Waals surface area contributed by atoms with Crippen LogP contribution < -0.4 is 5.73 Å². The second-order valence-electron chi connectivity index (χ2n) is 4.31. The van der Waals surface area contributed by atoms with Crippen LogP contribution in [0.2, 0.25) is 0 Å². The Kier molecular flexibility index (Phi) is 5.63. The van der Waals surface area contributed by atoms with Gasteiger partial charge in [0.1, 0.15) is 0 Å². The fourth-order valence-corrected chi connectivity index (χ4v) is 3.29. The third-order valence-electron chi connectivity index (χ3n) is 2.98. The molecular weight excluding hydrogens is 230 g/mol. The number of nitrogens with zero attached hydrogens (tertiary/aromatic N) is 2. The van der Waals surface area contributed by atoms with Crippen LogP contribution in [0, 0.1) is 18.3 Å². The quantitative estimate of drug-likeness (QED) is 0.845. The lowest BCUT2D eigenvalue weighted by molar-refractivity contribution is 0.192. The van der Waals surface area contributed by atoms with Gasteiger partial charge < -0.3 is 5.73 Å². The highest BCUT2D eigenvalue weighted by atomic mass is 32.1. The van der Waals surface area contributed by atoms with Gasteiger partial charge in [-0.3, -0.25) is 4.90 Å². The molecule has 0 spiro atoms. The van der Waals surface area contributed by atoms with E-state index in [2.05, 4.69) is 36.3 Å². The fraction of sp³-hybridized carbons (Fsp3) is 0.615. The SMILES string of the molecule is CCN(CCC#N)C(c1sccc1C)C(C)N. The normalized spacial score (nSPS) is 14.6. The molecule has 1 aromatic rings. The van der Waals surface area contributed by atoms with Gasteiger partial charge in [0.15, 0.2) is 0 Å². The summed E-state index contributed by atoms with van der Waals surface area (Å²) >= 11 is 1.76. The highest BCUT2D eigenvalue weighted by Gasteiger charge is 2.25. The van der Waals surface area contributed by atoms with Gasteiger partial charge in [0.05, 0.1) is 12.1 Å². The number of aryl methyl sites for hydroxylation is 1. The number of hydrogen-bond acceptors (Lipinski definition) is 4. The van der Waals surface area contributed by atoms with Gasteiger partial charge in [0.2, 0.25) is 0 Å². The Labute approximate surface area is 108 Å². The third-order valence-corrected chi connectivity index (χ3v) is 4.07. The smallest absolute Gasteiger partial charge is 0.0635 e. The zero-order chi connectivity index (χ0) is 12.8. The summed E-state index contributed by atoms with van der Waals surface area (Å²) in [5.74, 6) is 0. The highest BCUT2D eigenvalue weighted by molar-refractivity contribution is 7.10. The van der Waals surface area contributed by atoms with E-state index in [9.17, 15) is 0 Å². The summed E-state index contributed by atoms with van der Waals surface area (Å²) in [6.07, 6.45) is 0.557. The van der Waals surface area contributed by atoms with Crippen molar-refractivity contribution >= 4 is 11.3 Å². The van der Waals surface area contributed by atoms with Crippen molar-refractivity contribution in [3.8, 4) is 6.07 Å². The van der Waals surface area contributed by atoms with Crippen LogP contribution in [0.5, 0.6) is 0 Å². The molecule has 0 amide bonds. The van der Waals surface area contributed by atoms with E-state index in [0.717, 1.165) is 13.1 Å². The van der Waals surface area contributed by atoms with Crippen molar-refractivity contribution in [3.63, 3.8) is 0 Å². The van der Waals surface area contributed by atoms with E-state index >= 15 is 0 Å². The average Bonchev–Trinajstić information content (AvgIpc) is 2.70. The molecule has 1 heterocycles. The lowest BCUT2D eigenvalue weighted by atomic mass is 10.0. The topological polar surface area (TPSA) is 53.0 Å². The molecule has 0 saturated carbocycles. The number of rotatable bonds is 6. The molecule has 0 aliphatic carbocycles. The van der Waals surface area contributed by atoms with E-state index < -0.39 is 0 Å². The summed E-state index contributed by atoms with van der Waals surface area (Å²) in [5, 5.41) is 10.8. The summed E-state index contributed by atoms with van der Waals surface area (Å²) < 4.78 is 0. The molecule has 1 aromatic heterocycles. The summed E-state index contributed by atoms with van der Waals surface area (Å²) in [6, 6.07) is 4.64. The lowest BCUT2D eigenvalue weighted by Crippen LogP contribution is -2.39. The largest absolute Gasteiger partial charge is 0.326 e. The van der Waals surface area contributed by atoms with Crippen LogP contribution in [-0.4, -0.2) is 24.0 Å². The molecule has 0 fully saturated rings. The predicted octanol–water partition coefficient (Wildman–Crippen LogP) is 2.68. The molecule has 0 saturated heterocycles. The second kappa shape index (κ2) is 6.75. The van der Waals surface area contributed by atoms with E-state index in [1.54, 1.807) is 11.3 Å². The highest BCUT2D eigenvalue weighted by Crippen LogP contribution is 2.30. The summed E-state index contributed by atoms with van der Waals surface area (Å²) in [6.45, 7) is 8.00. The van der Waals surface area contributed by atoms with E-state index in [-0.39, 0.29) is 12.1 Å². The minimum atomic E-state index is 0.0750. The van der Waals surface area contributed by atoms with Crippen molar-refractivity contribution in [2.24, 2.45) is 5.73 Å². The summed E-state index contributed by atoms with van der Waals surface area (Å²) in [5.41, 5.74) is 7.43. The molecule has 0 aliphatic rings. The fourth-order valence-electron chi connectivity index (χ4n) is 2.11. The van der Waals surface area contributed by atoms with E-state index in [1.807, 2.05) is 6.92 Å². The molecule has 0 aromatic carbocycles. The number of nitrogens with two attached hydrogens (primary N) is 1. The Morgan fingerprint density at radius 2 is 2.29 bits per heavy atom. The molecule has 94 valence electrons. The number of nitriles is 1.